The molecule has 0 spiro atoms. The number of aromatic nitrogens is 2. The fourth-order valence-electron chi connectivity index (χ4n) is 3.09. The van der Waals surface area contributed by atoms with E-state index in [1.807, 2.05) is 6.92 Å². The lowest BCUT2D eigenvalue weighted by Gasteiger charge is -2.22. The Morgan fingerprint density at radius 2 is 1.57 bits per heavy atom. The maximum Gasteiger partial charge on any atom is 0.294 e. The summed E-state index contributed by atoms with van der Waals surface area (Å²) in [6, 6.07) is 14.6. The molecule has 0 aliphatic carbocycles. The second-order valence-electron chi connectivity index (χ2n) is 7.17. The Labute approximate surface area is 166 Å². The van der Waals surface area contributed by atoms with Crippen LogP contribution in [0.4, 0.5) is 0 Å². The van der Waals surface area contributed by atoms with Gasteiger partial charge in [0.15, 0.2) is 0 Å². The second-order valence-corrected chi connectivity index (χ2v) is 8.59. The number of nitrogens with zero attached hydrogens (tertiary/aromatic N) is 2. The van der Waals surface area contributed by atoms with Crippen LogP contribution in [0, 0.1) is 13.8 Å². The van der Waals surface area contributed by atoms with Crippen LogP contribution < -0.4 is 0 Å². The fourth-order valence-corrected chi connectivity index (χ4v) is 3.57. The molecule has 148 valence electrons. The molecule has 6 nitrogen and oxygen atoms in total. The molecule has 1 aliphatic rings. The lowest BCUT2D eigenvalue weighted by atomic mass is 10.0. The predicted octanol–water partition coefficient (Wildman–Crippen LogP) is 3.61. The quantitative estimate of drug-likeness (QED) is 0.643. The summed E-state index contributed by atoms with van der Waals surface area (Å²) < 4.78 is 29.6. The van der Waals surface area contributed by atoms with Gasteiger partial charge in [-0.1, -0.05) is 47.5 Å². The minimum atomic E-state index is -4.02. The van der Waals surface area contributed by atoms with Crippen LogP contribution in [0.2, 0.25) is 0 Å². The number of nitrogens with one attached hydrogen (secondary N) is 1. The van der Waals surface area contributed by atoms with Crippen LogP contribution in [0.15, 0.2) is 53.4 Å². The summed E-state index contributed by atoms with van der Waals surface area (Å²) in [6.45, 7) is 6.06. The standard InChI is InChI=1S/C14H17N3.C7H8O3S/c1-10-3-5-11(6-4-10)14-12-9-17(2)8-7-13(12)15-16-14;1-6-2-4-7(5-3-6)11(8,9)10/h3-6H,7-9H2,1-2H3,(H,15,16);2-5H,1H3,(H,8,9,10). The van der Waals surface area contributed by atoms with Crippen molar-refractivity contribution in [2.24, 2.45) is 0 Å². The molecule has 2 heterocycles. The normalized spacial score (nSPS) is 14.1. The van der Waals surface area contributed by atoms with Crippen LogP contribution in [0.25, 0.3) is 11.3 Å². The molecule has 0 bridgehead atoms. The van der Waals surface area contributed by atoms with Crippen LogP contribution in [0.5, 0.6) is 0 Å². The summed E-state index contributed by atoms with van der Waals surface area (Å²) in [5.41, 5.74) is 7.24. The highest BCUT2D eigenvalue weighted by molar-refractivity contribution is 7.85. The number of likely N-dealkylation sites (N-methyl/N-ethyl adjacent to an activating group) is 1. The zero-order chi connectivity index (χ0) is 20.3. The zero-order valence-corrected chi connectivity index (χ0v) is 17.1. The predicted molar refractivity (Wildman–Crippen MR) is 110 cm³/mol. The third-order valence-electron chi connectivity index (χ3n) is 4.77. The van der Waals surface area contributed by atoms with Crippen LogP contribution in [-0.4, -0.2) is 41.7 Å². The molecule has 3 aromatic rings. The molecule has 0 atom stereocenters. The molecule has 7 heteroatoms. The van der Waals surface area contributed by atoms with E-state index < -0.39 is 10.1 Å². The molecule has 2 N–H and O–H groups in total. The zero-order valence-electron chi connectivity index (χ0n) is 16.3. The first-order valence-electron chi connectivity index (χ1n) is 9.10. The summed E-state index contributed by atoms with van der Waals surface area (Å²) in [6.07, 6.45) is 1.07. The first kappa shape index (κ1) is 20.3. The Kier molecular flexibility index (Phi) is 5.98. The highest BCUT2D eigenvalue weighted by Crippen LogP contribution is 2.27. The minimum Gasteiger partial charge on any atom is -0.302 e. The van der Waals surface area contributed by atoms with E-state index in [1.165, 1.54) is 34.5 Å². The maximum atomic E-state index is 10.5. The van der Waals surface area contributed by atoms with E-state index in [2.05, 4.69) is 53.3 Å². The van der Waals surface area contributed by atoms with E-state index in [0.29, 0.717) is 0 Å². The number of hydrogen-bond acceptors (Lipinski definition) is 4. The number of rotatable bonds is 2. The largest absolute Gasteiger partial charge is 0.302 e. The van der Waals surface area contributed by atoms with E-state index in [1.54, 1.807) is 12.1 Å². The van der Waals surface area contributed by atoms with Crippen LogP contribution in [-0.2, 0) is 23.1 Å². The molecule has 4 rings (SSSR count). The monoisotopic (exact) mass is 399 g/mol. The van der Waals surface area contributed by atoms with Gasteiger partial charge in [0.05, 0.1) is 10.6 Å². The number of fused-ring (bicyclic) bond motifs is 1. The second kappa shape index (κ2) is 8.26. The molecule has 2 aromatic carbocycles. The average Bonchev–Trinajstić information content (AvgIpc) is 3.05. The van der Waals surface area contributed by atoms with Crippen molar-refractivity contribution in [1.29, 1.82) is 0 Å². The molecule has 0 fully saturated rings. The van der Waals surface area contributed by atoms with Gasteiger partial charge in [-0.15, -0.1) is 0 Å². The van der Waals surface area contributed by atoms with Crippen molar-refractivity contribution in [3.63, 3.8) is 0 Å². The summed E-state index contributed by atoms with van der Waals surface area (Å²) >= 11 is 0. The molecular weight excluding hydrogens is 374 g/mol. The van der Waals surface area contributed by atoms with E-state index in [4.69, 9.17) is 4.55 Å². The van der Waals surface area contributed by atoms with Gasteiger partial charge in [0.1, 0.15) is 0 Å². The number of H-pyrrole nitrogens is 1. The number of aryl methyl sites for hydroxylation is 2. The maximum absolute atomic E-state index is 10.5. The van der Waals surface area contributed by atoms with Crippen LogP contribution in [0.1, 0.15) is 22.4 Å². The highest BCUT2D eigenvalue weighted by Gasteiger charge is 2.20. The molecule has 0 radical (unpaired) electrons. The first-order chi connectivity index (χ1) is 13.2. The van der Waals surface area contributed by atoms with Gasteiger partial charge in [-0.3, -0.25) is 9.65 Å². The van der Waals surface area contributed by atoms with Gasteiger partial charge in [0.25, 0.3) is 10.1 Å². The molecule has 0 amide bonds. The number of aromatic amines is 1. The lowest BCUT2D eigenvalue weighted by Crippen LogP contribution is -2.26. The van der Waals surface area contributed by atoms with Crippen molar-refractivity contribution in [3.05, 3.63) is 70.9 Å². The van der Waals surface area contributed by atoms with Crippen molar-refractivity contribution in [2.45, 2.75) is 31.7 Å². The van der Waals surface area contributed by atoms with Crippen LogP contribution in [0.3, 0.4) is 0 Å². The molecule has 0 unspecified atom stereocenters. The molecule has 1 aromatic heterocycles. The number of benzene rings is 2. The van der Waals surface area contributed by atoms with E-state index in [9.17, 15) is 8.42 Å². The van der Waals surface area contributed by atoms with Gasteiger partial charge in [0, 0.05) is 36.3 Å². The summed E-state index contributed by atoms with van der Waals surface area (Å²) in [4.78, 5) is 2.28. The molecular formula is C21H25N3O3S. The van der Waals surface area contributed by atoms with E-state index in [-0.39, 0.29) is 4.90 Å². The number of hydrogen-bond donors (Lipinski definition) is 2. The molecule has 1 aliphatic heterocycles. The third kappa shape index (κ3) is 4.86. The highest BCUT2D eigenvalue weighted by atomic mass is 32.2. The summed E-state index contributed by atoms with van der Waals surface area (Å²) in [7, 11) is -1.86. The molecule has 28 heavy (non-hydrogen) atoms. The van der Waals surface area contributed by atoms with Crippen molar-refractivity contribution in [2.75, 3.05) is 13.6 Å². The average molecular weight is 400 g/mol. The van der Waals surface area contributed by atoms with E-state index in [0.717, 1.165) is 30.8 Å². The topological polar surface area (TPSA) is 86.3 Å². The molecule has 0 saturated heterocycles. The van der Waals surface area contributed by atoms with Gasteiger partial charge < -0.3 is 4.90 Å². The van der Waals surface area contributed by atoms with Crippen molar-refractivity contribution in [1.82, 2.24) is 15.1 Å². The Morgan fingerprint density at radius 3 is 2.14 bits per heavy atom. The van der Waals surface area contributed by atoms with Crippen LogP contribution >= 0.6 is 0 Å². The van der Waals surface area contributed by atoms with Gasteiger partial charge in [0.2, 0.25) is 0 Å². The minimum absolute atomic E-state index is 0.0666. The van der Waals surface area contributed by atoms with Crippen molar-refractivity contribution in [3.8, 4) is 11.3 Å². The molecule has 0 saturated carbocycles. The smallest absolute Gasteiger partial charge is 0.294 e. The first-order valence-corrected chi connectivity index (χ1v) is 10.5. The van der Waals surface area contributed by atoms with Crippen molar-refractivity contribution < 1.29 is 13.0 Å². The fraction of sp³-hybridized carbons (Fsp3) is 0.286. The Hall–Kier alpha value is -2.48. The van der Waals surface area contributed by atoms with Gasteiger partial charge in [-0.2, -0.15) is 13.5 Å². The van der Waals surface area contributed by atoms with Gasteiger partial charge >= 0.3 is 0 Å². The summed E-state index contributed by atoms with van der Waals surface area (Å²) in [5.74, 6) is 0. The van der Waals surface area contributed by atoms with Gasteiger partial charge in [-0.05, 0) is 33.0 Å². The Morgan fingerprint density at radius 1 is 1.00 bits per heavy atom. The summed E-state index contributed by atoms with van der Waals surface area (Å²) in [5, 5.41) is 7.66. The Bertz CT molecular complexity index is 1040. The van der Waals surface area contributed by atoms with Gasteiger partial charge in [-0.25, -0.2) is 0 Å². The third-order valence-corrected chi connectivity index (χ3v) is 5.64. The van der Waals surface area contributed by atoms with E-state index >= 15 is 0 Å². The lowest BCUT2D eigenvalue weighted by molar-refractivity contribution is 0.312. The van der Waals surface area contributed by atoms with Crippen molar-refractivity contribution >= 4 is 10.1 Å². The Balaban J connectivity index is 0.000000178. The SMILES string of the molecule is Cc1ccc(-c2n[nH]c3c2CN(C)CC3)cc1.Cc1ccc(S(=O)(=O)O)cc1.